The zero-order valence-corrected chi connectivity index (χ0v) is 17.8. The third-order valence-electron chi connectivity index (χ3n) is 4.78. The van der Waals surface area contributed by atoms with Crippen LogP contribution in [0.4, 0.5) is 5.69 Å². The summed E-state index contributed by atoms with van der Waals surface area (Å²) in [7, 11) is 1.54. The van der Waals surface area contributed by atoms with Gasteiger partial charge in [0.1, 0.15) is 0 Å². The van der Waals surface area contributed by atoms with Crippen LogP contribution in [0.3, 0.4) is 0 Å². The van der Waals surface area contributed by atoms with Gasteiger partial charge in [0.25, 0.3) is 11.8 Å². The molecule has 0 fully saturated rings. The lowest BCUT2D eigenvalue weighted by Crippen LogP contribution is -2.30. The van der Waals surface area contributed by atoms with Crippen molar-refractivity contribution in [1.29, 1.82) is 0 Å². The van der Waals surface area contributed by atoms with E-state index in [9.17, 15) is 9.59 Å². The molecule has 0 aromatic heterocycles. The van der Waals surface area contributed by atoms with Crippen molar-refractivity contribution >= 4 is 17.5 Å². The van der Waals surface area contributed by atoms with Crippen LogP contribution < -0.4 is 20.1 Å². The summed E-state index contributed by atoms with van der Waals surface area (Å²) in [6.07, 6.45) is -0.758. The number of carbonyl (C=O) groups is 2. The summed E-state index contributed by atoms with van der Waals surface area (Å²) in [6, 6.07) is 23.5. The van der Waals surface area contributed by atoms with E-state index in [-0.39, 0.29) is 17.9 Å². The zero-order valence-electron chi connectivity index (χ0n) is 17.8. The Labute approximate surface area is 182 Å². The summed E-state index contributed by atoms with van der Waals surface area (Å²) < 4.78 is 11.0. The third kappa shape index (κ3) is 5.85. The second kappa shape index (κ2) is 10.3. The highest BCUT2D eigenvalue weighted by Crippen LogP contribution is 2.27. The Kier molecular flexibility index (Phi) is 7.27. The number of benzene rings is 3. The molecule has 2 atom stereocenters. The van der Waals surface area contributed by atoms with Gasteiger partial charge in [-0.25, -0.2) is 0 Å². The molecule has 2 amide bonds. The number of carbonyl (C=O) groups excluding carboxylic acids is 2. The maximum atomic E-state index is 12.6. The molecule has 6 nitrogen and oxygen atoms in total. The van der Waals surface area contributed by atoms with Gasteiger partial charge in [-0.2, -0.15) is 0 Å². The predicted octanol–water partition coefficient (Wildman–Crippen LogP) is 4.59. The van der Waals surface area contributed by atoms with Crippen LogP contribution in [-0.2, 0) is 4.79 Å². The molecule has 0 bridgehead atoms. The summed E-state index contributed by atoms with van der Waals surface area (Å²) in [4.78, 5) is 25.2. The normalized spacial score (nSPS) is 12.4. The Morgan fingerprint density at radius 2 is 1.52 bits per heavy atom. The number of methoxy groups -OCH3 is 1. The van der Waals surface area contributed by atoms with E-state index < -0.39 is 6.10 Å². The molecule has 3 rings (SSSR count). The van der Waals surface area contributed by atoms with Gasteiger partial charge in [-0.15, -0.1) is 0 Å². The molecular weight excluding hydrogens is 392 g/mol. The van der Waals surface area contributed by atoms with E-state index in [1.165, 1.54) is 0 Å². The van der Waals surface area contributed by atoms with Gasteiger partial charge in [-0.05, 0) is 49.7 Å². The van der Waals surface area contributed by atoms with Crippen molar-refractivity contribution in [2.45, 2.75) is 26.0 Å². The molecule has 3 aromatic carbocycles. The number of nitrogens with one attached hydrogen (secondary N) is 2. The van der Waals surface area contributed by atoms with Gasteiger partial charge in [0, 0.05) is 11.3 Å². The van der Waals surface area contributed by atoms with Gasteiger partial charge in [0.05, 0.1) is 13.2 Å². The third-order valence-corrected chi connectivity index (χ3v) is 4.78. The van der Waals surface area contributed by atoms with Crippen LogP contribution in [0.25, 0.3) is 0 Å². The summed E-state index contributed by atoms with van der Waals surface area (Å²) in [6.45, 7) is 3.58. The van der Waals surface area contributed by atoms with Crippen LogP contribution in [0.1, 0.15) is 35.8 Å². The summed E-state index contributed by atoms with van der Waals surface area (Å²) >= 11 is 0. The molecule has 0 spiro atoms. The van der Waals surface area contributed by atoms with E-state index in [0.717, 1.165) is 5.56 Å². The highest BCUT2D eigenvalue weighted by molar-refractivity contribution is 5.98. The molecule has 0 aliphatic heterocycles. The topological polar surface area (TPSA) is 76.7 Å². The number of hydrogen-bond donors (Lipinski definition) is 2. The fourth-order valence-electron chi connectivity index (χ4n) is 3.05. The summed E-state index contributed by atoms with van der Waals surface area (Å²) in [5, 5.41) is 5.77. The lowest BCUT2D eigenvalue weighted by molar-refractivity contribution is -0.122. The highest BCUT2D eigenvalue weighted by Gasteiger charge is 2.18. The molecule has 0 saturated heterocycles. The second-order valence-corrected chi connectivity index (χ2v) is 7.09. The summed E-state index contributed by atoms with van der Waals surface area (Å²) in [5.74, 6) is 0.482. The first-order valence-electron chi connectivity index (χ1n) is 10.0. The molecule has 6 heteroatoms. The smallest absolute Gasteiger partial charge is 0.265 e. The molecule has 3 aromatic rings. The molecule has 0 radical (unpaired) electrons. The van der Waals surface area contributed by atoms with Crippen molar-refractivity contribution in [1.82, 2.24) is 5.32 Å². The fraction of sp³-hybridized carbons (Fsp3) is 0.200. The average molecular weight is 418 g/mol. The van der Waals surface area contributed by atoms with Crippen LogP contribution >= 0.6 is 0 Å². The van der Waals surface area contributed by atoms with Gasteiger partial charge in [0.2, 0.25) is 0 Å². The van der Waals surface area contributed by atoms with E-state index in [1.54, 1.807) is 56.5 Å². The van der Waals surface area contributed by atoms with Crippen molar-refractivity contribution in [2.75, 3.05) is 12.4 Å². The lowest BCUT2D eigenvalue weighted by atomic mass is 10.1. The van der Waals surface area contributed by atoms with E-state index >= 15 is 0 Å². The van der Waals surface area contributed by atoms with E-state index in [2.05, 4.69) is 10.6 Å². The van der Waals surface area contributed by atoms with Gasteiger partial charge < -0.3 is 20.1 Å². The monoisotopic (exact) mass is 418 g/mol. The average Bonchev–Trinajstić information content (AvgIpc) is 2.80. The molecule has 160 valence electrons. The number of hydrogen-bond acceptors (Lipinski definition) is 4. The van der Waals surface area contributed by atoms with Crippen LogP contribution in [0.5, 0.6) is 11.5 Å². The first-order valence-corrected chi connectivity index (χ1v) is 10.0. The van der Waals surface area contributed by atoms with Gasteiger partial charge in [-0.3, -0.25) is 9.59 Å². The molecule has 2 unspecified atom stereocenters. The molecule has 2 N–H and O–H groups in total. The van der Waals surface area contributed by atoms with Crippen molar-refractivity contribution in [2.24, 2.45) is 0 Å². The molecule has 31 heavy (non-hydrogen) atoms. The number of para-hydroxylation sites is 2. The van der Waals surface area contributed by atoms with Gasteiger partial charge in [-0.1, -0.05) is 48.5 Å². The van der Waals surface area contributed by atoms with Crippen LogP contribution in [0.2, 0.25) is 0 Å². The maximum Gasteiger partial charge on any atom is 0.265 e. The van der Waals surface area contributed by atoms with Crippen LogP contribution in [0.15, 0.2) is 78.9 Å². The molecule has 0 saturated carbocycles. The molecule has 0 heterocycles. The molecule has 0 aliphatic rings. The SMILES string of the molecule is COc1ccccc1OC(C)C(=O)Nc1cccc(C(=O)NC(C)c2ccccc2)c1. The van der Waals surface area contributed by atoms with E-state index in [4.69, 9.17) is 9.47 Å². The Morgan fingerprint density at radius 1 is 0.839 bits per heavy atom. The van der Waals surface area contributed by atoms with E-state index in [0.29, 0.717) is 22.7 Å². The number of rotatable bonds is 8. The van der Waals surface area contributed by atoms with Crippen molar-refractivity contribution in [3.8, 4) is 11.5 Å². The second-order valence-electron chi connectivity index (χ2n) is 7.09. The minimum Gasteiger partial charge on any atom is -0.493 e. The van der Waals surface area contributed by atoms with Crippen molar-refractivity contribution in [3.05, 3.63) is 90.0 Å². The maximum absolute atomic E-state index is 12.6. The standard InChI is InChI=1S/C25H26N2O4/c1-17(19-10-5-4-6-11-19)26-25(29)20-12-9-13-21(16-20)27-24(28)18(2)31-23-15-8-7-14-22(23)30-3/h4-18H,1-3H3,(H,26,29)(H,27,28). The Morgan fingerprint density at radius 3 is 2.23 bits per heavy atom. The predicted molar refractivity (Wildman–Crippen MR) is 120 cm³/mol. The minimum absolute atomic E-state index is 0.138. The largest absolute Gasteiger partial charge is 0.493 e. The number of amides is 2. The van der Waals surface area contributed by atoms with Crippen LogP contribution in [-0.4, -0.2) is 25.0 Å². The zero-order chi connectivity index (χ0) is 22.2. The minimum atomic E-state index is -0.758. The molecule has 0 aliphatic carbocycles. The first kappa shape index (κ1) is 21.9. The quantitative estimate of drug-likeness (QED) is 0.561. The Bertz CT molecular complexity index is 1040. The Balaban J connectivity index is 1.63. The van der Waals surface area contributed by atoms with Crippen molar-refractivity contribution in [3.63, 3.8) is 0 Å². The first-order chi connectivity index (χ1) is 15.0. The lowest BCUT2D eigenvalue weighted by Gasteiger charge is -2.17. The van der Waals surface area contributed by atoms with Crippen LogP contribution in [0, 0.1) is 0 Å². The fourth-order valence-corrected chi connectivity index (χ4v) is 3.05. The summed E-state index contributed by atoms with van der Waals surface area (Å²) in [5.41, 5.74) is 1.99. The van der Waals surface area contributed by atoms with Crippen molar-refractivity contribution < 1.29 is 19.1 Å². The molecular formula is C25H26N2O4. The number of ether oxygens (including phenoxy) is 2. The Hall–Kier alpha value is -3.80. The highest BCUT2D eigenvalue weighted by atomic mass is 16.5. The number of anilines is 1. The van der Waals surface area contributed by atoms with E-state index in [1.807, 2.05) is 43.3 Å². The van der Waals surface area contributed by atoms with Gasteiger partial charge in [0.15, 0.2) is 17.6 Å². The van der Waals surface area contributed by atoms with Gasteiger partial charge >= 0.3 is 0 Å².